The standard InChI is InChI=1S/C10H15N3/c11-10-7-13(8-10)6-3-9-1-4-12-5-2-9/h1-2,4-5,10H,3,6-8,11H2. The maximum absolute atomic E-state index is 5.69. The Hall–Kier alpha value is -0.930. The Bertz CT molecular complexity index is 254. The van der Waals surface area contributed by atoms with Crippen molar-refractivity contribution in [3.05, 3.63) is 30.1 Å². The van der Waals surface area contributed by atoms with E-state index in [1.165, 1.54) is 5.56 Å². The molecule has 2 N–H and O–H groups in total. The van der Waals surface area contributed by atoms with E-state index >= 15 is 0 Å². The predicted molar refractivity (Wildman–Crippen MR) is 52.4 cm³/mol. The smallest absolute Gasteiger partial charge is 0.0297 e. The van der Waals surface area contributed by atoms with Gasteiger partial charge in [-0.1, -0.05) is 0 Å². The molecule has 70 valence electrons. The van der Waals surface area contributed by atoms with Crippen molar-refractivity contribution in [3.63, 3.8) is 0 Å². The zero-order valence-electron chi connectivity index (χ0n) is 7.69. The van der Waals surface area contributed by atoms with Gasteiger partial charge < -0.3 is 5.73 Å². The van der Waals surface area contributed by atoms with Crippen LogP contribution in [0.1, 0.15) is 5.56 Å². The highest BCUT2D eigenvalue weighted by Gasteiger charge is 2.21. The maximum Gasteiger partial charge on any atom is 0.0297 e. The fourth-order valence-electron chi connectivity index (χ4n) is 1.63. The largest absolute Gasteiger partial charge is 0.325 e. The van der Waals surface area contributed by atoms with Crippen LogP contribution in [0, 0.1) is 0 Å². The van der Waals surface area contributed by atoms with Crippen molar-refractivity contribution in [1.82, 2.24) is 9.88 Å². The molecule has 1 aliphatic heterocycles. The van der Waals surface area contributed by atoms with Crippen molar-refractivity contribution >= 4 is 0 Å². The first-order valence-electron chi connectivity index (χ1n) is 4.71. The van der Waals surface area contributed by atoms with Gasteiger partial charge in [0.05, 0.1) is 0 Å². The van der Waals surface area contributed by atoms with E-state index < -0.39 is 0 Å². The number of likely N-dealkylation sites (tertiary alicyclic amines) is 1. The van der Waals surface area contributed by atoms with Gasteiger partial charge in [-0.05, 0) is 24.1 Å². The molecule has 0 spiro atoms. The van der Waals surface area contributed by atoms with Crippen molar-refractivity contribution in [2.45, 2.75) is 12.5 Å². The number of aromatic nitrogens is 1. The molecule has 3 nitrogen and oxygen atoms in total. The van der Waals surface area contributed by atoms with E-state index in [0.717, 1.165) is 26.1 Å². The molecule has 0 bridgehead atoms. The van der Waals surface area contributed by atoms with E-state index in [4.69, 9.17) is 5.73 Å². The van der Waals surface area contributed by atoms with Gasteiger partial charge in [-0.2, -0.15) is 0 Å². The SMILES string of the molecule is NC1CN(CCc2ccncc2)C1. The highest BCUT2D eigenvalue weighted by Crippen LogP contribution is 2.07. The summed E-state index contributed by atoms with van der Waals surface area (Å²) in [5.41, 5.74) is 7.04. The third-order valence-corrected chi connectivity index (χ3v) is 2.45. The lowest BCUT2D eigenvalue weighted by Gasteiger charge is -2.36. The fraction of sp³-hybridized carbons (Fsp3) is 0.500. The maximum atomic E-state index is 5.69. The van der Waals surface area contributed by atoms with Crippen LogP contribution in [0.5, 0.6) is 0 Å². The molecule has 1 aliphatic rings. The highest BCUT2D eigenvalue weighted by molar-refractivity contribution is 5.10. The molecule has 2 rings (SSSR count). The molecule has 1 saturated heterocycles. The third kappa shape index (κ3) is 2.26. The summed E-state index contributed by atoms with van der Waals surface area (Å²) in [7, 11) is 0. The summed E-state index contributed by atoms with van der Waals surface area (Å²) in [6, 6.07) is 4.55. The second-order valence-electron chi connectivity index (χ2n) is 3.63. The second kappa shape index (κ2) is 3.85. The van der Waals surface area contributed by atoms with Crippen LogP contribution in [0.2, 0.25) is 0 Å². The van der Waals surface area contributed by atoms with Crippen LogP contribution in [0.25, 0.3) is 0 Å². The predicted octanol–water partition coefficient (Wildman–Crippen LogP) is 0.267. The van der Waals surface area contributed by atoms with Gasteiger partial charge in [-0.25, -0.2) is 0 Å². The summed E-state index contributed by atoms with van der Waals surface area (Å²) in [6.45, 7) is 3.24. The van der Waals surface area contributed by atoms with Gasteiger partial charge in [0, 0.05) is 38.1 Å². The first-order chi connectivity index (χ1) is 6.34. The summed E-state index contributed by atoms with van der Waals surface area (Å²) in [4.78, 5) is 6.37. The average Bonchev–Trinajstić information content (AvgIpc) is 2.12. The Morgan fingerprint density at radius 1 is 1.38 bits per heavy atom. The Morgan fingerprint density at radius 3 is 2.69 bits per heavy atom. The van der Waals surface area contributed by atoms with E-state index in [9.17, 15) is 0 Å². The molecule has 0 unspecified atom stereocenters. The van der Waals surface area contributed by atoms with Gasteiger partial charge >= 0.3 is 0 Å². The second-order valence-corrected chi connectivity index (χ2v) is 3.63. The van der Waals surface area contributed by atoms with Gasteiger partial charge in [0.15, 0.2) is 0 Å². The molecule has 1 fully saturated rings. The Balaban J connectivity index is 1.74. The Morgan fingerprint density at radius 2 is 2.08 bits per heavy atom. The van der Waals surface area contributed by atoms with Gasteiger partial charge in [0.2, 0.25) is 0 Å². The van der Waals surface area contributed by atoms with Crippen molar-refractivity contribution in [2.24, 2.45) is 5.73 Å². The number of hydrogen-bond donors (Lipinski definition) is 1. The lowest BCUT2D eigenvalue weighted by Crippen LogP contribution is -2.55. The van der Waals surface area contributed by atoms with Crippen molar-refractivity contribution in [3.8, 4) is 0 Å². The first-order valence-corrected chi connectivity index (χ1v) is 4.71. The van der Waals surface area contributed by atoms with Crippen LogP contribution in [0.3, 0.4) is 0 Å². The molecule has 1 aromatic rings. The minimum atomic E-state index is 0.414. The summed E-state index contributed by atoms with van der Waals surface area (Å²) in [6.07, 6.45) is 4.80. The first kappa shape index (κ1) is 8.66. The summed E-state index contributed by atoms with van der Waals surface area (Å²) < 4.78 is 0. The molecular weight excluding hydrogens is 162 g/mol. The minimum Gasteiger partial charge on any atom is -0.325 e. The number of pyridine rings is 1. The quantitative estimate of drug-likeness (QED) is 0.720. The van der Waals surface area contributed by atoms with E-state index in [1.807, 2.05) is 12.4 Å². The van der Waals surface area contributed by atoms with E-state index in [1.54, 1.807) is 0 Å². The number of nitrogens with two attached hydrogens (primary N) is 1. The van der Waals surface area contributed by atoms with Gasteiger partial charge in [0.25, 0.3) is 0 Å². The fourth-order valence-corrected chi connectivity index (χ4v) is 1.63. The lowest BCUT2D eigenvalue weighted by atomic mass is 10.1. The van der Waals surface area contributed by atoms with Crippen molar-refractivity contribution < 1.29 is 0 Å². The zero-order chi connectivity index (χ0) is 9.10. The molecule has 0 aliphatic carbocycles. The van der Waals surface area contributed by atoms with E-state index in [2.05, 4.69) is 22.0 Å². The molecule has 2 heterocycles. The monoisotopic (exact) mass is 177 g/mol. The molecule has 0 saturated carbocycles. The Kier molecular flexibility index (Phi) is 2.57. The van der Waals surface area contributed by atoms with Gasteiger partial charge in [-0.3, -0.25) is 9.88 Å². The van der Waals surface area contributed by atoms with Gasteiger partial charge in [-0.15, -0.1) is 0 Å². The average molecular weight is 177 g/mol. The molecule has 3 heteroatoms. The summed E-state index contributed by atoms with van der Waals surface area (Å²) in [5.74, 6) is 0. The molecule has 0 aromatic carbocycles. The highest BCUT2D eigenvalue weighted by atomic mass is 15.2. The minimum absolute atomic E-state index is 0.414. The number of hydrogen-bond acceptors (Lipinski definition) is 3. The zero-order valence-corrected chi connectivity index (χ0v) is 7.69. The van der Waals surface area contributed by atoms with Crippen LogP contribution in [-0.4, -0.2) is 35.6 Å². The molecule has 0 atom stereocenters. The number of rotatable bonds is 3. The molecule has 0 radical (unpaired) electrons. The Labute approximate surface area is 78.6 Å². The molecule has 1 aromatic heterocycles. The van der Waals surface area contributed by atoms with Crippen molar-refractivity contribution in [1.29, 1.82) is 0 Å². The van der Waals surface area contributed by atoms with Crippen LogP contribution in [0.4, 0.5) is 0 Å². The third-order valence-electron chi connectivity index (χ3n) is 2.45. The summed E-state index contributed by atoms with van der Waals surface area (Å²) in [5, 5.41) is 0. The van der Waals surface area contributed by atoms with Crippen LogP contribution in [0.15, 0.2) is 24.5 Å². The van der Waals surface area contributed by atoms with Crippen LogP contribution in [-0.2, 0) is 6.42 Å². The van der Waals surface area contributed by atoms with E-state index in [-0.39, 0.29) is 0 Å². The normalized spacial score (nSPS) is 18.5. The van der Waals surface area contributed by atoms with Crippen molar-refractivity contribution in [2.75, 3.05) is 19.6 Å². The number of nitrogens with zero attached hydrogens (tertiary/aromatic N) is 2. The van der Waals surface area contributed by atoms with Gasteiger partial charge in [0.1, 0.15) is 0 Å². The summed E-state index contributed by atoms with van der Waals surface area (Å²) >= 11 is 0. The van der Waals surface area contributed by atoms with Crippen LogP contribution < -0.4 is 5.73 Å². The van der Waals surface area contributed by atoms with Crippen LogP contribution >= 0.6 is 0 Å². The van der Waals surface area contributed by atoms with E-state index in [0.29, 0.717) is 6.04 Å². The topological polar surface area (TPSA) is 42.1 Å². The molecular formula is C10H15N3. The lowest BCUT2D eigenvalue weighted by molar-refractivity contribution is 0.153. The molecule has 13 heavy (non-hydrogen) atoms. The molecule has 0 amide bonds.